The van der Waals surface area contributed by atoms with Crippen LogP contribution in [0.15, 0.2) is 84.9 Å². The lowest BCUT2D eigenvalue weighted by Gasteiger charge is -2.29. The second-order valence-corrected chi connectivity index (χ2v) is 6.04. The number of hydrogen-bond acceptors (Lipinski definition) is 2. The molecule has 0 saturated carbocycles. The van der Waals surface area contributed by atoms with Crippen molar-refractivity contribution in [1.29, 1.82) is 0 Å². The summed E-state index contributed by atoms with van der Waals surface area (Å²) in [6.45, 7) is -2.89. The maximum atomic E-state index is 13.0. The van der Waals surface area contributed by atoms with E-state index in [-0.39, 0.29) is 17.7 Å². The van der Waals surface area contributed by atoms with Crippen molar-refractivity contribution in [2.45, 2.75) is 12.7 Å². The number of halogens is 2. The Hall–Kier alpha value is -3.21. The van der Waals surface area contributed by atoms with E-state index in [1.54, 1.807) is 11.9 Å². The highest BCUT2D eigenvalue weighted by atomic mass is 19.3. The molecule has 27 heavy (non-hydrogen) atoms. The number of ether oxygens (including phenoxy) is 1. The molecule has 138 valence electrons. The Kier molecular flexibility index (Phi) is 5.81. The van der Waals surface area contributed by atoms with Gasteiger partial charge in [-0.2, -0.15) is 8.78 Å². The van der Waals surface area contributed by atoms with Gasteiger partial charge in [-0.05, 0) is 35.4 Å². The Morgan fingerprint density at radius 1 is 0.815 bits per heavy atom. The molecule has 0 spiro atoms. The monoisotopic (exact) mass is 367 g/mol. The van der Waals surface area contributed by atoms with Crippen LogP contribution in [0.5, 0.6) is 5.75 Å². The number of benzene rings is 3. The first-order valence-corrected chi connectivity index (χ1v) is 8.48. The molecule has 0 atom stereocenters. The second kappa shape index (κ2) is 8.45. The number of carbonyl (C=O) groups is 1. The largest absolute Gasteiger partial charge is 0.435 e. The summed E-state index contributed by atoms with van der Waals surface area (Å²) in [5.41, 5.74) is 2.37. The molecule has 0 unspecified atom stereocenters. The molecule has 3 nitrogen and oxygen atoms in total. The number of amides is 1. The molecule has 0 aromatic heterocycles. The predicted molar refractivity (Wildman–Crippen MR) is 99.9 cm³/mol. The van der Waals surface area contributed by atoms with Crippen molar-refractivity contribution in [3.8, 4) is 5.75 Å². The number of alkyl halides is 2. The van der Waals surface area contributed by atoms with Gasteiger partial charge in [-0.25, -0.2) is 0 Å². The van der Waals surface area contributed by atoms with Crippen molar-refractivity contribution < 1.29 is 18.3 Å². The quantitative estimate of drug-likeness (QED) is 0.603. The van der Waals surface area contributed by atoms with E-state index < -0.39 is 6.61 Å². The smallest absolute Gasteiger partial charge is 0.387 e. The molecular formula is C22H19F2NO2. The standard InChI is InChI=1S/C22H19F2NO2/c1-25(21(26)18-12-14-19(15-13-18)27-22(23)24)20(16-8-4-2-5-9-16)17-10-6-3-7-11-17/h2-15,20,22H,1H3. The Labute approximate surface area is 156 Å². The molecule has 0 aliphatic carbocycles. The van der Waals surface area contributed by atoms with Gasteiger partial charge in [0.2, 0.25) is 0 Å². The minimum absolute atomic E-state index is 0.0203. The molecule has 0 radical (unpaired) electrons. The molecule has 0 fully saturated rings. The fourth-order valence-electron chi connectivity index (χ4n) is 3.01. The van der Waals surface area contributed by atoms with Gasteiger partial charge in [-0.3, -0.25) is 4.79 Å². The van der Waals surface area contributed by atoms with E-state index in [2.05, 4.69) is 4.74 Å². The summed E-state index contributed by atoms with van der Waals surface area (Å²) in [4.78, 5) is 14.6. The van der Waals surface area contributed by atoms with Crippen LogP contribution < -0.4 is 4.74 Å². The van der Waals surface area contributed by atoms with Crippen molar-refractivity contribution >= 4 is 5.91 Å². The fraction of sp³-hybridized carbons (Fsp3) is 0.136. The van der Waals surface area contributed by atoms with E-state index in [1.165, 1.54) is 24.3 Å². The van der Waals surface area contributed by atoms with Gasteiger partial charge in [0.15, 0.2) is 0 Å². The topological polar surface area (TPSA) is 29.5 Å². The van der Waals surface area contributed by atoms with Crippen molar-refractivity contribution in [3.05, 3.63) is 102 Å². The van der Waals surface area contributed by atoms with Gasteiger partial charge >= 0.3 is 6.61 Å². The molecule has 1 amide bonds. The van der Waals surface area contributed by atoms with Crippen molar-refractivity contribution in [2.24, 2.45) is 0 Å². The van der Waals surface area contributed by atoms with Crippen LogP contribution in [-0.4, -0.2) is 24.5 Å². The molecule has 3 aromatic carbocycles. The summed E-state index contributed by atoms with van der Waals surface area (Å²) < 4.78 is 28.9. The van der Waals surface area contributed by atoms with Crippen LogP contribution in [0.25, 0.3) is 0 Å². The molecule has 0 bridgehead atoms. The zero-order valence-corrected chi connectivity index (χ0v) is 14.8. The third-order valence-corrected chi connectivity index (χ3v) is 4.26. The molecule has 0 saturated heterocycles. The van der Waals surface area contributed by atoms with Crippen LogP contribution >= 0.6 is 0 Å². The Bertz CT molecular complexity index is 828. The molecule has 0 heterocycles. The van der Waals surface area contributed by atoms with E-state index in [0.29, 0.717) is 5.56 Å². The average molecular weight is 367 g/mol. The van der Waals surface area contributed by atoms with Crippen molar-refractivity contribution in [3.63, 3.8) is 0 Å². The highest BCUT2D eigenvalue weighted by molar-refractivity contribution is 5.94. The van der Waals surface area contributed by atoms with Gasteiger partial charge in [0.05, 0.1) is 6.04 Å². The first kappa shape index (κ1) is 18.6. The lowest BCUT2D eigenvalue weighted by atomic mass is 9.97. The predicted octanol–water partition coefficient (Wildman–Crippen LogP) is 5.15. The first-order chi connectivity index (χ1) is 13.1. The molecule has 3 rings (SSSR count). The van der Waals surface area contributed by atoms with E-state index in [4.69, 9.17) is 0 Å². The lowest BCUT2D eigenvalue weighted by Crippen LogP contribution is -2.32. The second-order valence-electron chi connectivity index (χ2n) is 6.04. The van der Waals surface area contributed by atoms with Crippen LogP contribution in [-0.2, 0) is 0 Å². The average Bonchev–Trinajstić information content (AvgIpc) is 2.69. The zero-order valence-electron chi connectivity index (χ0n) is 14.8. The third-order valence-electron chi connectivity index (χ3n) is 4.26. The highest BCUT2D eigenvalue weighted by Gasteiger charge is 2.24. The summed E-state index contributed by atoms with van der Waals surface area (Å²) >= 11 is 0. The summed E-state index contributed by atoms with van der Waals surface area (Å²) in [6.07, 6.45) is 0. The maximum absolute atomic E-state index is 13.0. The number of hydrogen-bond donors (Lipinski definition) is 0. The van der Waals surface area contributed by atoms with Gasteiger partial charge < -0.3 is 9.64 Å². The number of rotatable bonds is 6. The molecular weight excluding hydrogens is 348 g/mol. The summed E-state index contributed by atoms with van der Waals surface area (Å²) in [5, 5.41) is 0. The lowest BCUT2D eigenvalue weighted by molar-refractivity contribution is -0.0498. The Balaban J connectivity index is 1.90. The van der Waals surface area contributed by atoms with Gasteiger partial charge in [-0.15, -0.1) is 0 Å². The SMILES string of the molecule is CN(C(=O)c1ccc(OC(F)F)cc1)C(c1ccccc1)c1ccccc1. The number of nitrogens with zero attached hydrogens (tertiary/aromatic N) is 1. The normalized spacial score (nSPS) is 10.9. The van der Waals surface area contributed by atoms with Crippen LogP contribution in [0.3, 0.4) is 0 Å². The minimum Gasteiger partial charge on any atom is -0.435 e. The summed E-state index contributed by atoms with van der Waals surface area (Å²) in [6, 6.07) is 24.9. The molecule has 3 aromatic rings. The van der Waals surface area contributed by atoms with Crippen LogP contribution in [0, 0.1) is 0 Å². The zero-order chi connectivity index (χ0) is 19.2. The van der Waals surface area contributed by atoms with Gasteiger partial charge in [0, 0.05) is 12.6 Å². The van der Waals surface area contributed by atoms with Gasteiger partial charge in [-0.1, -0.05) is 60.7 Å². The third kappa shape index (κ3) is 4.50. The Morgan fingerprint density at radius 3 is 1.74 bits per heavy atom. The summed E-state index contributed by atoms with van der Waals surface area (Å²) in [7, 11) is 1.73. The van der Waals surface area contributed by atoms with E-state index in [0.717, 1.165) is 11.1 Å². The van der Waals surface area contributed by atoms with E-state index in [9.17, 15) is 13.6 Å². The summed E-state index contributed by atoms with van der Waals surface area (Å²) in [5.74, 6) is -0.192. The highest BCUT2D eigenvalue weighted by Crippen LogP contribution is 2.29. The van der Waals surface area contributed by atoms with Crippen LogP contribution in [0.4, 0.5) is 8.78 Å². The van der Waals surface area contributed by atoms with Crippen LogP contribution in [0.1, 0.15) is 27.5 Å². The minimum atomic E-state index is -2.89. The van der Waals surface area contributed by atoms with Gasteiger partial charge in [0.25, 0.3) is 5.91 Å². The van der Waals surface area contributed by atoms with E-state index >= 15 is 0 Å². The van der Waals surface area contributed by atoms with Crippen molar-refractivity contribution in [2.75, 3.05) is 7.05 Å². The molecule has 0 aliphatic rings. The van der Waals surface area contributed by atoms with Crippen molar-refractivity contribution in [1.82, 2.24) is 4.90 Å². The number of carbonyl (C=O) groups excluding carboxylic acids is 1. The maximum Gasteiger partial charge on any atom is 0.387 e. The fourth-order valence-corrected chi connectivity index (χ4v) is 3.01. The van der Waals surface area contributed by atoms with Crippen LogP contribution in [0.2, 0.25) is 0 Å². The van der Waals surface area contributed by atoms with E-state index in [1.807, 2.05) is 60.7 Å². The first-order valence-electron chi connectivity index (χ1n) is 8.48. The molecule has 0 N–H and O–H groups in total. The van der Waals surface area contributed by atoms with Gasteiger partial charge in [0.1, 0.15) is 5.75 Å². The Morgan fingerprint density at radius 2 is 1.30 bits per heavy atom. The molecule has 0 aliphatic heterocycles. The molecule has 5 heteroatoms.